The van der Waals surface area contributed by atoms with Gasteiger partial charge in [0.25, 0.3) is 0 Å². The van der Waals surface area contributed by atoms with Crippen LogP contribution in [-0.2, 0) is 0 Å². The van der Waals surface area contributed by atoms with Crippen LogP contribution in [0.3, 0.4) is 0 Å². The van der Waals surface area contributed by atoms with E-state index < -0.39 is 0 Å². The molecule has 0 amide bonds. The second kappa shape index (κ2) is 5.37. The smallest absolute Gasteiger partial charge is 0.0415 e. The van der Waals surface area contributed by atoms with Crippen molar-refractivity contribution < 1.29 is 0 Å². The molecule has 0 unspecified atom stereocenters. The third-order valence-electron chi connectivity index (χ3n) is 1.99. The second-order valence-corrected chi connectivity index (χ2v) is 2.98. The molecule has 0 heteroatoms. The molecule has 0 atom stereocenters. The molecule has 0 radical (unpaired) electrons. The molecule has 0 saturated heterocycles. The fourth-order valence-electron chi connectivity index (χ4n) is 1.31. The van der Waals surface area contributed by atoms with Crippen LogP contribution < -0.4 is 0 Å². The van der Waals surface area contributed by atoms with Gasteiger partial charge in [-0.05, 0) is 26.0 Å². The van der Waals surface area contributed by atoms with Crippen LogP contribution in [0.15, 0.2) is 12.1 Å². The highest BCUT2D eigenvalue weighted by atomic mass is 14.0. The quantitative estimate of drug-likeness (QED) is 0.567. The van der Waals surface area contributed by atoms with Gasteiger partial charge in [-0.2, -0.15) is 0 Å². The largest absolute Gasteiger partial charge is 0.115 e. The van der Waals surface area contributed by atoms with Crippen molar-refractivity contribution in [1.82, 2.24) is 0 Å². The molecular weight excluding hydrogens is 192 g/mol. The van der Waals surface area contributed by atoms with Gasteiger partial charge in [0.05, 0.1) is 0 Å². The summed E-state index contributed by atoms with van der Waals surface area (Å²) in [6.07, 6.45) is 10.8. The maximum atomic E-state index is 5.39. The van der Waals surface area contributed by atoms with Crippen molar-refractivity contribution in [2.75, 3.05) is 0 Å². The summed E-state index contributed by atoms with van der Waals surface area (Å²) in [5, 5.41) is 0. The van der Waals surface area contributed by atoms with Gasteiger partial charge in [0.2, 0.25) is 0 Å². The Hall–Kier alpha value is -2.54. The molecule has 0 heterocycles. The Kier molecular flexibility index (Phi) is 3.87. The van der Waals surface area contributed by atoms with Crippen molar-refractivity contribution in [3.05, 3.63) is 34.4 Å². The Morgan fingerprint density at radius 1 is 0.750 bits per heavy atom. The van der Waals surface area contributed by atoms with Gasteiger partial charge in [-0.1, -0.05) is 23.7 Å². The molecule has 0 bridgehead atoms. The lowest BCUT2D eigenvalue weighted by molar-refractivity contribution is 1.51. The minimum atomic E-state index is 0.682. The van der Waals surface area contributed by atoms with Crippen LogP contribution in [0.1, 0.15) is 36.1 Å². The Morgan fingerprint density at radius 2 is 1.12 bits per heavy atom. The third-order valence-corrected chi connectivity index (χ3v) is 1.99. The Morgan fingerprint density at radius 3 is 1.38 bits per heavy atom. The molecule has 0 fully saturated rings. The monoisotopic (exact) mass is 202 g/mol. The van der Waals surface area contributed by atoms with E-state index in [0.717, 1.165) is 11.1 Å². The summed E-state index contributed by atoms with van der Waals surface area (Å²) in [5.74, 6) is 16.7. The number of hydrogen-bond acceptors (Lipinski definition) is 0. The summed E-state index contributed by atoms with van der Waals surface area (Å²) >= 11 is 0. The zero-order chi connectivity index (χ0) is 12.0. The average Bonchev–Trinajstić information content (AvgIpc) is 2.31. The minimum Gasteiger partial charge on any atom is -0.115 e. The van der Waals surface area contributed by atoms with E-state index in [-0.39, 0.29) is 0 Å². The van der Waals surface area contributed by atoms with Gasteiger partial charge in [0, 0.05) is 22.3 Å². The number of hydrogen-bond donors (Lipinski definition) is 0. The first-order valence-corrected chi connectivity index (χ1v) is 4.73. The normalized spacial score (nSPS) is 7.50. The van der Waals surface area contributed by atoms with E-state index in [2.05, 4.69) is 35.5 Å². The molecule has 0 N–H and O–H groups in total. The molecule has 0 aliphatic carbocycles. The molecule has 0 spiro atoms. The predicted molar refractivity (Wildman–Crippen MR) is 67.4 cm³/mol. The van der Waals surface area contributed by atoms with E-state index in [0.29, 0.717) is 11.1 Å². The van der Waals surface area contributed by atoms with Crippen LogP contribution in [-0.4, -0.2) is 0 Å². The summed E-state index contributed by atoms with van der Waals surface area (Å²) in [4.78, 5) is 0. The summed E-state index contributed by atoms with van der Waals surface area (Å²) < 4.78 is 0. The van der Waals surface area contributed by atoms with Crippen molar-refractivity contribution in [2.45, 2.75) is 13.8 Å². The van der Waals surface area contributed by atoms with Gasteiger partial charge in [0.1, 0.15) is 0 Å². The summed E-state index contributed by atoms with van der Waals surface area (Å²) in [7, 11) is 0. The highest BCUT2D eigenvalue weighted by Gasteiger charge is 2.04. The van der Waals surface area contributed by atoms with Crippen molar-refractivity contribution in [3.63, 3.8) is 0 Å². The number of terminal acetylenes is 2. The molecule has 0 aromatic heterocycles. The van der Waals surface area contributed by atoms with E-state index in [4.69, 9.17) is 12.8 Å². The average molecular weight is 202 g/mol. The van der Waals surface area contributed by atoms with E-state index in [1.54, 1.807) is 13.8 Å². The van der Waals surface area contributed by atoms with Crippen LogP contribution in [0.5, 0.6) is 0 Å². The highest BCUT2D eigenvalue weighted by molar-refractivity contribution is 5.60. The lowest BCUT2D eigenvalue weighted by Crippen LogP contribution is -1.91. The molecular formula is C16H10. The Bertz CT molecular complexity index is 552. The van der Waals surface area contributed by atoms with Crippen molar-refractivity contribution >= 4 is 0 Å². The first-order valence-electron chi connectivity index (χ1n) is 4.73. The predicted octanol–water partition coefficient (Wildman–Crippen LogP) is 2.39. The highest BCUT2D eigenvalue weighted by Crippen LogP contribution is 2.15. The van der Waals surface area contributed by atoms with Crippen molar-refractivity contribution in [1.29, 1.82) is 0 Å². The van der Waals surface area contributed by atoms with Gasteiger partial charge in [-0.3, -0.25) is 0 Å². The van der Waals surface area contributed by atoms with Gasteiger partial charge < -0.3 is 0 Å². The lowest BCUT2D eigenvalue weighted by atomic mass is 9.99. The Labute approximate surface area is 97.1 Å². The second-order valence-electron chi connectivity index (χ2n) is 2.98. The number of benzene rings is 1. The van der Waals surface area contributed by atoms with Crippen LogP contribution in [0.2, 0.25) is 0 Å². The molecule has 0 nitrogen and oxygen atoms in total. The molecule has 0 aliphatic heterocycles. The molecule has 1 aromatic carbocycles. The molecule has 1 aromatic rings. The van der Waals surface area contributed by atoms with Crippen LogP contribution in [0, 0.1) is 48.4 Å². The van der Waals surface area contributed by atoms with E-state index in [1.807, 2.05) is 12.1 Å². The lowest BCUT2D eigenvalue weighted by Gasteiger charge is -2.02. The number of rotatable bonds is 0. The standard InChI is InChI=1S/C16H10/c1-5-9-15-11-13(7-3)14(8-4)12-16(15)10-6-2/h3-4,11-12H,1-2H3. The van der Waals surface area contributed by atoms with Crippen LogP contribution in [0.25, 0.3) is 0 Å². The SMILES string of the molecule is C#Cc1cc(C#CC)c(C#CC)cc1C#C. The minimum absolute atomic E-state index is 0.682. The van der Waals surface area contributed by atoms with E-state index >= 15 is 0 Å². The fourth-order valence-corrected chi connectivity index (χ4v) is 1.31. The van der Waals surface area contributed by atoms with E-state index in [9.17, 15) is 0 Å². The third kappa shape index (κ3) is 2.28. The first kappa shape index (κ1) is 11.5. The molecule has 0 aliphatic rings. The molecule has 16 heavy (non-hydrogen) atoms. The molecule has 74 valence electrons. The summed E-state index contributed by atoms with van der Waals surface area (Å²) in [6.45, 7) is 3.54. The fraction of sp³-hybridized carbons (Fsp3) is 0.125. The van der Waals surface area contributed by atoms with Gasteiger partial charge in [0.15, 0.2) is 0 Å². The van der Waals surface area contributed by atoms with Crippen LogP contribution in [0.4, 0.5) is 0 Å². The van der Waals surface area contributed by atoms with Crippen molar-refractivity contribution in [2.24, 2.45) is 0 Å². The maximum Gasteiger partial charge on any atom is 0.0415 e. The van der Waals surface area contributed by atoms with E-state index in [1.165, 1.54) is 0 Å². The van der Waals surface area contributed by atoms with Crippen molar-refractivity contribution in [3.8, 4) is 48.4 Å². The maximum absolute atomic E-state index is 5.39. The zero-order valence-corrected chi connectivity index (χ0v) is 9.31. The summed E-state index contributed by atoms with van der Waals surface area (Å²) in [6, 6.07) is 3.62. The first-order chi connectivity index (χ1) is 7.76. The topological polar surface area (TPSA) is 0 Å². The Balaban J connectivity index is 3.59. The van der Waals surface area contributed by atoms with Gasteiger partial charge in [-0.25, -0.2) is 0 Å². The van der Waals surface area contributed by atoms with Gasteiger partial charge in [-0.15, -0.1) is 24.7 Å². The summed E-state index contributed by atoms with van der Waals surface area (Å²) in [5.41, 5.74) is 3.01. The molecule has 0 saturated carbocycles. The zero-order valence-electron chi connectivity index (χ0n) is 9.31. The van der Waals surface area contributed by atoms with Gasteiger partial charge >= 0.3 is 0 Å². The van der Waals surface area contributed by atoms with Crippen LogP contribution >= 0.6 is 0 Å². The molecule has 1 rings (SSSR count).